The molecule has 1 aromatic heterocycles. The van der Waals surface area contributed by atoms with Crippen LogP contribution in [-0.4, -0.2) is 17.0 Å². The maximum atomic E-state index is 11.1. The van der Waals surface area contributed by atoms with Crippen molar-refractivity contribution in [3.63, 3.8) is 0 Å². The van der Waals surface area contributed by atoms with Crippen LogP contribution in [0.15, 0.2) is 41.0 Å². The highest BCUT2D eigenvalue weighted by molar-refractivity contribution is 5.90. The van der Waals surface area contributed by atoms with E-state index in [0.717, 1.165) is 0 Å². The highest BCUT2D eigenvalue weighted by Gasteiger charge is 2.14. The summed E-state index contributed by atoms with van der Waals surface area (Å²) in [7, 11) is 0. The van der Waals surface area contributed by atoms with Gasteiger partial charge in [-0.15, -0.1) is 0 Å². The van der Waals surface area contributed by atoms with Gasteiger partial charge in [0.1, 0.15) is 17.9 Å². The monoisotopic (exact) mass is 275 g/mol. The van der Waals surface area contributed by atoms with Crippen molar-refractivity contribution in [3.05, 3.63) is 47.9 Å². The van der Waals surface area contributed by atoms with E-state index in [4.69, 9.17) is 14.3 Å². The molecule has 6 heteroatoms. The van der Waals surface area contributed by atoms with Gasteiger partial charge in [-0.05, 0) is 18.2 Å². The molecule has 0 aliphatic rings. The number of hydrogen-bond acceptors (Lipinski definition) is 4. The summed E-state index contributed by atoms with van der Waals surface area (Å²) in [6.07, 6.45) is 1.29. The van der Waals surface area contributed by atoms with Gasteiger partial charge in [0.15, 0.2) is 5.76 Å². The van der Waals surface area contributed by atoms with Crippen LogP contribution in [0.5, 0.6) is 5.75 Å². The Labute approximate surface area is 115 Å². The number of carboxylic acids is 1. The molecule has 20 heavy (non-hydrogen) atoms. The predicted octanol–water partition coefficient (Wildman–Crippen LogP) is 2.52. The first kappa shape index (κ1) is 13.7. The Morgan fingerprint density at radius 1 is 1.30 bits per heavy atom. The summed E-state index contributed by atoms with van der Waals surface area (Å²) in [6.45, 7) is 1.36. The number of anilines is 1. The number of para-hydroxylation sites is 2. The molecule has 0 unspecified atom stereocenters. The summed E-state index contributed by atoms with van der Waals surface area (Å²) >= 11 is 0. The fraction of sp³-hybridized carbons (Fsp3) is 0.143. The van der Waals surface area contributed by atoms with Gasteiger partial charge < -0.3 is 19.6 Å². The average Bonchev–Trinajstić information content (AvgIpc) is 2.85. The highest BCUT2D eigenvalue weighted by atomic mass is 16.5. The minimum absolute atomic E-state index is 0.0365. The van der Waals surface area contributed by atoms with Crippen LogP contribution in [0.4, 0.5) is 5.69 Å². The summed E-state index contributed by atoms with van der Waals surface area (Å²) in [6, 6.07) is 8.24. The molecule has 1 amide bonds. The van der Waals surface area contributed by atoms with E-state index < -0.39 is 5.97 Å². The lowest BCUT2D eigenvalue weighted by molar-refractivity contribution is -0.114. The molecule has 0 spiro atoms. The van der Waals surface area contributed by atoms with Crippen LogP contribution in [0.3, 0.4) is 0 Å². The van der Waals surface area contributed by atoms with Gasteiger partial charge in [0.05, 0.1) is 12.0 Å². The van der Waals surface area contributed by atoms with E-state index in [1.165, 1.54) is 19.3 Å². The normalized spacial score (nSPS) is 10.1. The first-order valence-electron chi connectivity index (χ1n) is 5.87. The smallest absolute Gasteiger partial charge is 0.339 e. The topological polar surface area (TPSA) is 88.8 Å². The van der Waals surface area contributed by atoms with Crippen LogP contribution < -0.4 is 10.1 Å². The van der Waals surface area contributed by atoms with E-state index in [9.17, 15) is 9.59 Å². The van der Waals surface area contributed by atoms with Crippen molar-refractivity contribution in [1.29, 1.82) is 0 Å². The molecule has 104 valence electrons. The first-order chi connectivity index (χ1) is 9.58. The van der Waals surface area contributed by atoms with Gasteiger partial charge in [0.25, 0.3) is 0 Å². The van der Waals surface area contributed by atoms with Crippen molar-refractivity contribution >= 4 is 17.6 Å². The van der Waals surface area contributed by atoms with Crippen LogP contribution in [0.1, 0.15) is 23.0 Å². The molecular weight excluding hydrogens is 262 g/mol. The number of benzene rings is 1. The van der Waals surface area contributed by atoms with E-state index in [1.807, 2.05) is 0 Å². The number of rotatable bonds is 5. The fourth-order valence-corrected chi connectivity index (χ4v) is 1.67. The summed E-state index contributed by atoms with van der Waals surface area (Å²) in [4.78, 5) is 22.0. The van der Waals surface area contributed by atoms with Crippen molar-refractivity contribution in [2.24, 2.45) is 0 Å². The molecule has 0 fully saturated rings. The molecule has 0 atom stereocenters. The summed E-state index contributed by atoms with van der Waals surface area (Å²) in [5.74, 6) is -0.636. The molecular formula is C14H13NO5. The summed E-state index contributed by atoms with van der Waals surface area (Å²) in [5, 5.41) is 11.6. The number of amides is 1. The lowest BCUT2D eigenvalue weighted by atomic mass is 10.2. The van der Waals surface area contributed by atoms with Crippen molar-refractivity contribution in [1.82, 2.24) is 0 Å². The second-order valence-electron chi connectivity index (χ2n) is 4.03. The molecule has 2 N–H and O–H groups in total. The van der Waals surface area contributed by atoms with Crippen molar-refractivity contribution in [3.8, 4) is 5.75 Å². The van der Waals surface area contributed by atoms with Gasteiger partial charge in [-0.1, -0.05) is 12.1 Å². The maximum absolute atomic E-state index is 11.1. The highest BCUT2D eigenvalue weighted by Crippen LogP contribution is 2.25. The molecule has 0 aliphatic heterocycles. The number of aromatic carboxylic acids is 1. The Morgan fingerprint density at radius 2 is 2.05 bits per heavy atom. The Kier molecular flexibility index (Phi) is 4.05. The number of carboxylic acid groups (broad SMARTS) is 1. The van der Waals surface area contributed by atoms with Crippen molar-refractivity contribution < 1.29 is 23.8 Å². The van der Waals surface area contributed by atoms with Gasteiger partial charge in [-0.25, -0.2) is 4.79 Å². The van der Waals surface area contributed by atoms with Crippen molar-refractivity contribution in [2.75, 3.05) is 5.32 Å². The number of carbonyl (C=O) groups is 2. The molecule has 2 rings (SSSR count). The lowest BCUT2D eigenvalue weighted by Crippen LogP contribution is -2.08. The van der Waals surface area contributed by atoms with Crippen LogP contribution in [0.25, 0.3) is 0 Å². The van der Waals surface area contributed by atoms with E-state index in [2.05, 4.69) is 5.32 Å². The molecule has 0 aliphatic carbocycles. The fourth-order valence-electron chi connectivity index (χ4n) is 1.67. The zero-order valence-corrected chi connectivity index (χ0v) is 10.8. The van der Waals surface area contributed by atoms with E-state index in [1.54, 1.807) is 24.3 Å². The number of ether oxygens (including phenoxy) is 1. The predicted molar refractivity (Wildman–Crippen MR) is 70.7 cm³/mol. The van der Waals surface area contributed by atoms with Crippen LogP contribution in [-0.2, 0) is 11.4 Å². The molecule has 1 heterocycles. The third-order valence-corrected chi connectivity index (χ3v) is 2.53. The van der Waals surface area contributed by atoms with E-state index >= 15 is 0 Å². The van der Waals surface area contributed by atoms with Gasteiger partial charge in [0.2, 0.25) is 5.91 Å². The van der Waals surface area contributed by atoms with Crippen LogP contribution in [0, 0.1) is 0 Å². The van der Waals surface area contributed by atoms with Crippen molar-refractivity contribution in [2.45, 2.75) is 13.5 Å². The Morgan fingerprint density at radius 3 is 2.75 bits per heavy atom. The molecule has 6 nitrogen and oxygen atoms in total. The summed E-state index contributed by atoms with van der Waals surface area (Å²) < 4.78 is 10.6. The standard InChI is InChI=1S/C14H13NO5/c1-9(16)15-11-4-2-3-5-12(11)20-8-13-10(14(17)18)6-7-19-13/h2-7H,8H2,1H3,(H,15,16)(H,17,18). The molecule has 0 bridgehead atoms. The average molecular weight is 275 g/mol. The molecule has 0 radical (unpaired) electrons. The third kappa shape index (κ3) is 3.17. The third-order valence-electron chi connectivity index (χ3n) is 2.53. The number of furan rings is 1. The van der Waals surface area contributed by atoms with E-state index in [0.29, 0.717) is 11.4 Å². The molecule has 1 aromatic carbocycles. The Bertz CT molecular complexity index is 632. The lowest BCUT2D eigenvalue weighted by Gasteiger charge is -2.10. The summed E-state index contributed by atoms with van der Waals surface area (Å²) in [5.41, 5.74) is 0.574. The van der Waals surface area contributed by atoms with Gasteiger partial charge >= 0.3 is 5.97 Å². The van der Waals surface area contributed by atoms with Gasteiger partial charge in [0, 0.05) is 6.92 Å². The van der Waals surface area contributed by atoms with Gasteiger partial charge in [-0.3, -0.25) is 4.79 Å². The largest absolute Gasteiger partial charge is 0.483 e. The quantitative estimate of drug-likeness (QED) is 0.875. The second-order valence-corrected chi connectivity index (χ2v) is 4.03. The first-order valence-corrected chi connectivity index (χ1v) is 5.87. The second kappa shape index (κ2) is 5.92. The zero-order chi connectivity index (χ0) is 14.5. The van der Waals surface area contributed by atoms with Crippen LogP contribution >= 0.6 is 0 Å². The molecule has 2 aromatic rings. The van der Waals surface area contributed by atoms with E-state index in [-0.39, 0.29) is 23.8 Å². The zero-order valence-electron chi connectivity index (χ0n) is 10.8. The molecule has 0 saturated heterocycles. The number of hydrogen-bond donors (Lipinski definition) is 2. The maximum Gasteiger partial charge on any atom is 0.339 e. The molecule has 0 saturated carbocycles. The Balaban J connectivity index is 2.13. The van der Waals surface area contributed by atoms with Crippen LogP contribution in [0.2, 0.25) is 0 Å². The number of nitrogens with one attached hydrogen (secondary N) is 1. The minimum Gasteiger partial charge on any atom is -0.483 e. The number of carbonyl (C=O) groups excluding carboxylic acids is 1. The SMILES string of the molecule is CC(=O)Nc1ccccc1OCc1occc1C(=O)O. The minimum atomic E-state index is -1.08. The van der Waals surface area contributed by atoms with Gasteiger partial charge in [-0.2, -0.15) is 0 Å². The Hall–Kier alpha value is -2.76.